The van der Waals surface area contributed by atoms with Gasteiger partial charge < -0.3 is 10.1 Å². The molecule has 1 fully saturated rings. The first kappa shape index (κ1) is 18.0. The van der Waals surface area contributed by atoms with Gasteiger partial charge in [-0.05, 0) is 62.9 Å². The van der Waals surface area contributed by atoms with Crippen molar-refractivity contribution in [1.82, 2.24) is 5.32 Å². The zero-order chi connectivity index (χ0) is 14.8. The third kappa shape index (κ3) is 8.97. The number of ether oxygens (including phenoxy) is 1. The van der Waals surface area contributed by atoms with E-state index in [0.29, 0.717) is 11.5 Å². The molecule has 1 aliphatic rings. The Morgan fingerprint density at radius 1 is 1.05 bits per heavy atom. The molecule has 1 N–H and O–H groups in total. The summed E-state index contributed by atoms with van der Waals surface area (Å²) in [5.74, 6) is 0.767. The lowest BCUT2D eigenvalue weighted by Crippen LogP contribution is -2.26. The second kappa shape index (κ2) is 9.78. The summed E-state index contributed by atoms with van der Waals surface area (Å²) in [6, 6.07) is 0. The van der Waals surface area contributed by atoms with Crippen molar-refractivity contribution in [3.63, 3.8) is 0 Å². The minimum absolute atomic E-state index is 0.552. The van der Waals surface area contributed by atoms with E-state index in [0.717, 1.165) is 19.1 Å². The molecule has 1 aliphatic carbocycles. The van der Waals surface area contributed by atoms with Crippen molar-refractivity contribution in [2.45, 2.75) is 85.2 Å². The van der Waals surface area contributed by atoms with Crippen LogP contribution in [0.3, 0.4) is 0 Å². The number of hydrogen-bond donors (Lipinski definition) is 1. The van der Waals surface area contributed by atoms with Gasteiger partial charge in [0.25, 0.3) is 0 Å². The minimum Gasteiger partial charge on any atom is -0.378 e. The van der Waals surface area contributed by atoms with Crippen LogP contribution < -0.4 is 5.32 Å². The molecule has 0 heterocycles. The van der Waals surface area contributed by atoms with E-state index in [4.69, 9.17) is 4.74 Å². The lowest BCUT2D eigenvalue weighted by Gasteiger charge is -2.34. The Balaban J connectivity index is 1.83. The lowest BCUT2D eigenvalue weighted by atomic mass is 9.76. The van der Waals surface area contributed by atoms with Crippen LogP contribution in [-0.4, -0.2) is 25.8 Å². The van der Waals surface area contributed by atoms with Gasteiger partial charge in [-0.1, -0.05) is 40.5 Å². The summed E-state index contributed by atoms with van der Waals surface area (Å²) in [4.78, 5) is 0. The van der Waals surface area contributed by atoms with Crippen LogP contribution in [0.4, 0.5) is 0 Å². The number of rotatable bonds is 10. The Kier molecular flexibility index (Phi) is 8.79. The average molecular weight is 284 g/mol. The number of nitrogens with one attached hydrogen (secondary N) is 1. The first-order chi connectivity index (χ1) is 9.49. The number of unbranched alkanes of at least 4 members (excludes halogenated alkanes) is 3. The molecule has 0 radical (unpaired) electrons. The molecule has 0 aromatic heterocycles. The van der Waals surface area contributed by atoms with Crippen LogP contribution in [0.5, 0.6) is 0 Å². The molecule has 120 valence electrons. The lowest BCUT2D eigenvalue weighted by molar-refractivity contribution is 0.00274. The first-order valence-electron chi connectivity index (χ1n) is 8.82. The highest BCUT2D eigenvalue weighted by molar-refractivity contribution is 4.78. The van der Waals surface area contributed by atoms with Crippen molar-refractivity contribution in [2.24, 2.45) is 11.3 Å². The van der Waals surface area contributed by atoms with Crippen molar-refractivity contribution in [3.8, 4) is 0 Å². The molecule has 0 atom stereocenters. The van der Waals surface area contributed by atoms with E-state index in [1.807, 2.05) is 0 Å². The van der Waals surface area contributed by atoms with Crippen molar-refractivity contribution in [3.05, 3.63) is 0 Å². The maximum Gasteiger partial charge on any atom is 0.0575 e. The molecule has 0 aromatic carbocycles. The molecule has 0 unspecified atom stereocenters. The van der Waals surface area contributed by atoms with Gasteiger partial charge in [-0.3, -0.25) is 0 Å². The summed E-state index contributed by atoms with van der Waals surface area (Å²) < 4.78 is 6.02. The highest BCUT2D eigenvalue weighted by Gasteiger charge is 2.26. The summed E-state index contributed by atoms with van der Waals surface area (Å²) in [7, 11) is 0. The van der Waals surface area contributed by atoms with E-state index in [1.165, 1.54) is 57.9 Å². The molecule has 1 saturated carbocycles. The maximum atomic E-state index is 6.02. The van der Waals surface area contributed by atoms with Crippen LogP contribution in [0, 0.1) is 11.3 Å². The predicted molar refractivity (Wildman–Crippen MR) is 88.2 cm³/mol. The van der Waals surface area contributed by atoms with Gasteiger partial charge in [0.05, 0.1) is 6.10 Å². The highest BCUT2D eigenvalue weighted by atomic mass is 16.5. The molecule has 0 aliphatic heterocycles. The Morgan fingerprint density at radius 3 is 2.35 bits per heavy atom. The summed E-state index contributed by atoms with van der Waals surface area (Å²) in [5, 5.41) is 3.50. The van der Waals surface area contributed by atoms with Gasteiger partial charge in [-0.2, -0.15) is 0 Å². The maximum absolute atomic E-state index is 6.02. The molecule has 2 heteroatoms. The summed E-state index contributed by atoms with van der Waals surface area (Å²) >= 11 is 0. The fourth-order valence-corrected chi connectivity index (χ4v) is 2.89. The smallest absolute Gasteiger partial charge is 0.0575 e. The molecule has 0 amide bonds. The highest BCUT2D eigenvalue weighted by Crippen LogP contribution is 2.36. The Morgan fingerprint density at radius 2 is 1.70 bits per heavy atom. The quantitative estimate of drug-likeness (QED) is 0.583. The van der Waals surface area contributed by atoms with E-state index in [2.05, 4.69) is 33.0 Å². The largest absolute Gasteiger partial charge is 0.378 e. The van der Waals surface area contributed by atoms with Gasteiger partial charge in [0.2, 0.25) is 0 Å². The molecule has 0 spiro atoms. The first-order valence-corrected chi connectivity index (χ1v) is 8.82. The third-order valence-electron chi connectivity index (χ3n) is 4.44. The van der Waals surface area contributed by atoms with Crippen molar-refractivity contribution >= 4 is 0 Å². The minimum atomic E-state index is 0.552. The molecular weight excluding hydrogens is 246 g/mol. The van der Waals surface area contributed by atoms with Crippen molar-refractivity contribution < 1.29 is 4.74 Å². The van der Waals surface area contributed by atoms with E-state index in [-0.39, 0.29) is 0 Å². The Bertz CT molecular complexity index is 228. The summed E-state index contributed by atoms with van der Waals surface area (Å²) in [6.07, 6.45) is 11.0. The van der Waals surface area contributed by atoms with Gasteiger partial charge in [-0.15, -0.1) is 0 Å². The van der Waals surface area contributed by atoms with Gasteiger partial charge in [-0.25, -0.2) is 0 Å². The third-order valence-corrected chi connectivity index (χ3v) is 4.44. The van der Waals surface area contributed by atoms with Crippen LogP contribution in [0.25, 0.3) is 0 Å². The SMILES string of the molecule is CC(C)CNCCCCCCOC1CCC(C)(C)CC1. The zero-order valence-corrected chi connectivity index (χ0v) is 14.3. The van der Waals surface area contributed by atoms with Gasteiger partial charge in [0.15, 0.2) is 0 Å². The van der Waals surface area contributed by atoms with E-state index in [9.17, 15) is 0 Å². The van der Waals surface area contributed by atoms with Gasteiger partial charge >= 0.3 is 0 Å². The Hall–Kier alpha value is -0.0800. The van der Waals surface area contributed by atoms with Crippen molar-refractivity contribution in [2.75, 3.05) is 19.7 Å². The monoisotopic (exact) mass is 283 g/mol. The van der Waals surface area contributed by atoms with Crippen LogP contribution in [0.2, 0.25) is 0 Å². The van der Waals surface area contributed by atoms with Gasteiger partial charge in [0.1, 0.15) is 0 Å². The molecule has 0 aromatic rings. The molecule has 2 nitrogen and oxygen atoms in total. The van der Waals surface area contributed by atoms with Crippen LogP contribution in [0.1, 0.15) is 79.1 Å². The average Bonchev–Trinajstić information content (AvgIpc) is 2.38. The molecule has 1 rings (SSSR count). The molecular formula is C18H37NO. The summed E-state index contributed by atoms with van der Waals surface area (Å²) in [6.45, 7) is 12.6. The molecule has 20 heavy (non-hydrogen) atoms. The number of hydrogen-bond acceptors (Lipinski definition) is 2. The van der Waals surface area contributed by atoms with Crippen LogP contribution >= 0.6 is 0 Å². The zero-order valence-electron chi connectivity index (χ0n) is 14.3. The summed E-state index contributed by atoms with van der Waals surface area (Å²) in [5.41, 5.74) is 0.558. The predicted octanol–water partition coefficient (Wildman–Crippen LogP) is 4.78. The van der Waals surface area contributed by atoms with Crippen LogP contribution in [-0.2, 0) is 4.74 Å². The van der Waals surface area contributed by atoms with Crippen LogP contribution in [0.15, 0.2) is 0 Å². The van der Waals surface area contributed by atoms with E-state index >= 15 is 0 Å². The topological polar surface area (TPSA) is 21.3 Å². The van der Waals surface area contributed by atoms with Crippen molar-refractivity contribution in [1.29, 1.82) is 0 Å². The molecule has 0 saturated heterocycles. The van der Waals surface area contributed by atoms with E-state index in [1.54, 1.807) is 0 Å². The second-order valence-corrected chi connectivity index (χ2v) is 7.75. The Labute approximate surface area is 127 Å². The fourth-order valence-electron chi connectivity index (χ4n) is 2.89. The fraction of sp³-hybridized carbons (Fsp3) is 1.00. The standard InChI is InChI=1S/C18H37NO/c1-16(2)15-19-13-7-5-6-8-14-20-17-9-11-18(3,4)12-10-17/h16-17,19H,5-15H2,1-4H3. The second-order valence-electron chi connectivity index (χ2n) is 7.75. The molecule has 0 bridgehead atoms. The normalized spacial score (nSPS) is 19.6. The van der Waals surface area contributed by atoms with Gasteiger partial charge in [0, 0.05) is 6.61 Å². The van der Waals surface area contributed by atoms with E-state index < -0.39 is 0 Å².